The van der Waals surface area contributed by atoms with Crippen LogP contribution in [0, 0.1) is 0 Å². The minimum atomic E-state index is -0.475. The summed E-state index contributed by atoms with van der Waals surface area (Å²) in [5.41, 5.74) is -0.475. The van der Waals surface area contributed by atoms with Gasteiger partial charge in [-0.3, -0.25) is 14.5 Å². The molecule has 0 aliphatic carbocycles. The smallest absolute Gasteiger partial charge is 0.323 e. The van der Waals surface area contributed by atoms with Crippen LogP contribution in [0.15, 0.2) is 0 Å². The summed E-state index contributed by atoms with van der Waals surface area (Å²) in [6, 6.07) is -0.244. The van der Waals surface area contributed by atoms with Crippen LogP contribution in [0.25, 0.3) is 0 Å². The Morgan fingerprint density at radius 3 is 2.53 bits per heavy atom. The molecule has 0 radical (unpaired) electrons. The summed E-state index contributed by atoms with van der Waals surface area (Å²) in [6.45, 7) is 8.36. The Labute approximate surface area is 115 Å². The molecule has 0 aromatic carbocycles. The van der Waals surface area contributed by atoms with E-state index in [-0.39, 0.29) is 24.0 Å². The fraction of sp³-hybridized carbons (Fsp3) is 0.857. The van der Waals surface area contributed by atoms with E-state index in [2.05, 4.69) is 4.74 Å². The van der Waals surface area contributed by atoms with Crippen LogP contribution in [0.2, 0.25) is 0 Å². The van der Waals surface area contributed by atoms with E-state index in [0.29, 0.717) is 6.42 Å². The van der Waals surface area contributed by atoms with Crippen LogP contribution in [0.1, 0.15) is 47.0 Å². The van der Waals surface area contributed by atoms with E-state index in [1.54, 1.807) is 0 Å². The monoisotopic (exact) mass is 271 g/mol. The highest BCUT2D eigenvalue weighted by Gasteiger charge is 2.37. The summed E-state index contributed by atoms with van der Waals surface area (Å²) in [6.07, 6.45) is 2.05. The second-order valence-electron chi connectivity index (χ2n) is 6.06. The molecule has 0 aromatic heterocycles. The van der Waals surface area contributed by atoms with Crippen molar-refractivity contribution in [1.29, 1.82) is 0 Å². The third-order valence-corrected chi connectivity index (χ3v) is 3.23. The third kappa shape index (κ3) is 4.82. The van der Waals surface area contributed by atoms with Crippen molar-refractivity contribution in [3.63, 3.8) is 0 Å². The van der Waals surface area contributed by atoms with Gasteiger partial charge in [-0.1, -0.05) is 0 Å². The second-order valence-corrected chi connectivity index (χ2v) is 6.06. The van der Waals surface area contributed by atoms with Gasteiger partial charge >= 0.3 is 11.9 Å². The number of nitrogens with zero attached hydrogens (tertiary/aromatic N) is 1. The average Bonchev–Trinajstić information content (AvgIpc) is 2.75. The van der Waals surface area contributed by atoms with Crippen molar-refractivity contribution in [1.82, 2.24) is 4.90 Å². The number of carbonyl (C=O) groups excluding carboxylic acids is 2. The highest BCUT2D eigenvalue weighted by atomic mass is 16.6. The Bertz CT molecular complexity index is 335. The van der Waals surface area contributed by atoms with Crippen molar-refractivity contribution in [2.45, 2.75) is 64.6 Å². The van der Waals surface area contributed by atoms with Gasteiger partial charge in [0.05, 0.1) is 13.5 Å². The van der Waals surface area contributed by atoms with Crippen molar-refractivity contribution in [2.75, 3.05) is 13.7 Å². The van der Waals surface area contributed by atoms with E-state index in [1.807, 2.05) is 32.6 Å². The van der Waals surface area contributed by atoms with E-state index in [0.717, 1.165) is 19.4 Å². The second kappa shape index (κ2) is 6.37. The lowest BCUT2D eigenvalue weighted by molar-refractivity contribution is -0.161. The fourth-order valence-corrected chi connectivity index (χ4v) is 2.38. The van der Waals surface area contributed by atoms with Crippen molar-refractivity contribution in [2.24, 2.45) is 0 Å². The molecule has 1 saturated heterocycles. The maximum atomic E-state index is 12.2. The molecule has 19 heavy (non-hydrogen) atoms. The number of hydrogen-bond donors (Lipinski definition) is 0. The zero-order chi connectivity index (χ0) is 14.6. The molecule has 110 valence electrons. The number of carbonyl (C=O) groups is 2. The molecule has 1 heterocycles. The number of rotatable bonds is 4. The summed E-state index contributed by atoms with van der Waals surface area (Å²) in [5, 5.41) is 0. The largest absolute Gasteiger partial charge is 0.469 e. The van der Waals surface area contributed by atoms with Crippen LogP contribution in [0.4, 0.5) is 0 Å². The molecule has 1 aliphatic heterocycles. The van der Waals surface area contributed by atoms with Crippen molar-refractivity contribution < 1.29 is 19.1 Å². The van der Waals surface area contributed by atoms with Gasteiger partial charge in [-0.05, 0) is 47.1 Å². The number of esters is 2. The SMILES string of the molecule is COC(=O)CC(C)N1CCC[C@H]1C(=O)OC(C)(C)C. The van der Waals surface area contributed by atoms with Gasteiger partial charge < -0.3 is 9.47 Å². The highest BCUT2D eigenvalue weighted by molar-refractivity contribution is 5.77. The Morgan fingerprint density at radius 1 is 1.37 bits per heavy atom. The van der Waals surface area contributed by atoms with Crippen molar-refractivity contribution >= 4 is 11.9 Å². The van der Waals surface area contributed by atoms with Gasteiger partial charge in [0.15, 0.2) is 0 Å². The molecule has 0 saturated carbocycles. The minimum Gasteiger partial charge on any atom is -0.469 e. The van der Waals surface area contributed by atoms with Gasteiger partial charge in [0.2, 0.25) is 0 Å². The lowest BCUT2D eigenvalue weighted by atomic mass is 10.1. The number of ether oxygens (including phenoxy) is 2. The van der Waals surface area contributed by atoms with E-state index in [4.69, 9.17) is 4.74 Å². The van der Waals surface area contributed by atoms with Gasteiger partial charge in [-0.15, -0.1) is 0 Å². The predicted molar refractivity (Wildman–Crippen MR) is 71.7 cm³/mol. The van der Waals surface area contributed by atoms with E-state index >= 15 is 0 Å². The van der Waals surface area contributed by atoms with Crippen LogP contribution < -0.4 is 0 Å². The molecule has 0 N–H and O–H groups in total. The Morgan fingerprint density at radius 2 is 2.00 bits per heavy atom. The molecule has 0 amide bonds. The lowest BCUT2D eigenvalue weighted by Crippen LogP contribution is -2.45. The minimum absolute atomic E-state index is 0.00697. The molecular weight excluding hydrogens is 246 g/mol. The standard InChI is InChI=1S/C14H25NO4/c1-10(9-12(16)18-5)15-8-6-7-11(15)13(17)19-14(2,3)4/h10-11H,6-9H2,1-5H3/t10?,11-/m0/s1. The summed E-state index contributed by atoms with van der Waals surface area (Å²) in [5.74, 6) is -0.441. The lowest BCUT2D eigenvalue weighted by Gasteiger charge is -2.31. The highest BCUT2D eigenvalue weighted by Crippen LogP contribution is 2.24. The molecule has 0 bridgehead atoms. The topological polar surface area (TPSA) is 55.8 Å². The molecule has 2 atom stereocenters. The Kier molecular flexibility index (Phi) is 5.35. The van der Waals surface area contributed by atoms with Crippen molar-refractivity contribution in [3.05, 3.63) is 0 Å². The molecule has 1 fully saturated rings. The van der Waals surface area contributed by atoms with Gasteiger partial charge in [-0.2, -0.15) is 0 Å². The first-order valence-electron chi connectivity index (χ1n) is 6.80. The van der Waals surface area contributed by atoms with Gasteiger partial charge in [0.1, 0.15) is 11.6 Å². The van der Waals surface area contributed by atoms with Crippen LogP contribution in [-0.2, 0) is 19.1 Å². The number of hydrogen-bond acceptors (Lipinski definition) is 5. The molecule has 1 aliphatic rings. The number of methoxy groups -OCH3 is 1. The Hall–Kier alpha value is -1.10. The first-order valence-corrected chi connectivity index (χ1v) is 6.80. The summed E-state index contributed by atoms with van der Waals surface area (Å²) in [7, 11) is 1.38. The normalized spacial score (nSPS) is 22.1. The maximum absolute atomic E-state index is 12.2. The summed E-state index contributed by atoms with van der Waals surface area (Å²) >= 11 is 0. The third-order valence-electron chi connectivity index (χ3n) is 3.23. The fourth-order valence-electron chi connectivity index (χ4n) is 2.38. The zero-order valence-corrected chi connectivity index (χ0v) is 12.6. The molecular formula is C14H25NO4. The first kappa shape index (κ1) is 16.0. The Balaban J connectivity index is 2.63. The van der Waals surface area contributed by atoms with E-state index in [1.165, 1.54) is 7.11 Å². The summed E-state index contributed by atoms with van der Waals surface area (Å²) in [4.78, 5) is 25.5. The molecule has 5 nitrogen and oxygen atoms in total. The van der Waals surface area contributed by atoms with Crippen LogP contribution in [-0.4, -0.2) is 48.2 Å². The van der Waals surface area contributed by atoms with E-state index in [9.17, 15) is 9.59 Å². The van der Waals surface area contributed by atoms with E-state index < -0.39 is 5.60 Å². The molecule has 1 unspecified atom stereocenters. The van der Waals surface area contributed by atoms with Crippen LogP contribution in [0.5, 0.6) is 0 Å². The zero-order valence-electron chi connectivity index (χ0n) is 12.6. The van der Waals surface area contributed by atoms with Gasteiger partial charge in [0.25, 0.3) is 0 Å². The number of likely N-dealkylation sites (tertiary alicyclic amines) is 1. The first-order chi connectivity index (χ1) is 8.74. The molecule has 1 rings (SSSR count). The van der Waals surface area contributed by atoms with Crippen LogP contribution in [0.3, 0.4) is 0 Å². The molecule has 0 spiro atoms. The van der Waals surface area contributed by atoms with Gasteiger partial charge in [0, 0.05) is 6.04 Å². The molecule has 5 heteroatoms. The quantitative estimate of drug-likeness (QED) is 0.729. The average molecular weight is 271 g/mol. The summed E-state index contributed by atoms with van der Waals surface area (Å²) < 4.78 is 10.1. The van der Waals surface area contributed by atoms with Gasteiger partial charge in [-0.25, -0.2) is 0 Å². The van der Waals surface area contributed by atoms with Crippen LogP contribution >= 0.6 is 0 Å². The maximum Gasteiger partial charge on any atom is 0.323 e. The molecule has 0 aromatic rings. The predicted octanol–water partition coefficient (Wildman–Crippen LogP) is 1.74. The van der Waals surface area contributed by atoms with Crippen molar-refractivity contribution in [3.8, 4) is 0 Å².